The van der Waals surface area contributed by atoms with E-state index < -0.39 is 11.7 Å². The number of benzene rings is 1. The van der Waals surface area contributed by atoms with Gasteiger partial charge in [0.1, 0.15) is 5.82 Å². The number of carbonyl (C=O) groups is 2. The maximum absolute atomic E-state index is 13.2. The van der Waals surface area contributed by atoms with E-state index in [2.05, 4.69) is 10.6 Å². The van der Waals surface area contributed by atoms with Gasteiger partial charge >= 0.3 is 0 Å². The molecule has 3 rings (SSSR count). The lowest BCUT2D eigenvalue weighted by molar-refractivity contribution is -0.126. The number of halogens is 1. The minimum atomic E-state index is -0.559. The molecule has 0 aliphatic carbocycles. The molecule has 21 heavy (non-hydrogen) atoms. The van der Waals surface area contributed by atoms with E-state index in [0.29, 0.717) is 30.3 Å². The average molecular weight is 292 g/mol. The van der Waals surface area contributed by atoms with Crippen molar-refractivity contribution in [3.63, 3.8) is 0 Å². The smallest absolute Gasteiger partial charge is 0.228 e. The molecule has 6 heteroatoms. The van der Waals surface area contributed by atoms with Crippen LogP contribution in [0.2, 0.25) is 0 Å². The Morgan fingerprint density at radius 3 is 3.10 bits per heavy atom. The lowest BCUT2D eigenvalue weighted by atomic mass is 9.89. The van der Waals surface area contributed by atoms with Crippen LogP contribution in [0.25, 0.3) is 0 Å². The van der Waals surface area contributed by atoms with Crippen molar-refractivity contribution < 1.29 is 18.7 Å². The molecule has 2 atom stereocenters. The number of hydrogen-bond donors (Lipinski definition) is 2. The fourth-order valence-electron chi connectivity index (χ4n) is 2.78. The number of anilines is 1. The third kappa shape index (κ3) is 3.05. The molecule has 0 saturated carbocycles. The van der Waals surface area contributed by atoms with Crippen LogP contribution in [-0.2, 0) is 14.3 Å². The molecule has 5 nitrogen and oxygen atoms in total. The zero-order valence-corrected chi connectivity index (χ0v) is 11.5. The number of fused-ring (bicyclic) bond motifs is 1. The van der Waals surface area contributed by atoms with E-state index in [-0.39, 0.29) is 18.2 Å². The van der Waals surface area contributed by atoms with Crippen molar-refractivity contribution in [3.05, 3.63) is 29.6 Å². The van der Waals surface area contributed by atoms with Crippen LogP contribution in [0.1, 0.15) is 24.3 Å². The largest absolute Gasteiger partial charge is 0.381 e. The Kier molecular flexibility index (Phi) is 3.88. The van der Waals surface area contributed by atoms with Gasteiger partial charge < -0.3 is 15.4 Å². The normalized spacial score (nSPS) is 24.3. The van der Waals surface area contributed by atoms with E-state index in [1.54, 1.807) is 6.07 Å². The van der Waals surface area contributed by atoms with Gasteiger partial charge in [0.05, 0.1) is 12.5 Å². The van der Waals surface area contributed by atoms with Gasteiger partial charge in [0.2, 0.25) is 11.8 Å². The monoisotopic (exact) mass is 292 g/mol. The zero-order valence-electron chi connectivity index (χ0n) is 11.5. The fraction of sp³-hybridized carbons (Fsp3) is 0.467. The van der Waals surface area contributed by atoms with Gasteiger partial charge in [-0.2, -0.15) is 0 Å². The summed E-state index contributed by atoms with van der Waals surface area (Å²) in [6.07, 6.45) is 1.03. The minimum Gasteiger partial charge on any atom is -0.381 e. The first-order valence-corrected chi connectivity index (χ1v) is 7.08. The number of rotatable bonds is 3. The Bertz CT molecular complexity index is 570. The highest BCUT2D eigenvalue weighted by atomic mass is 19.1. The molecule has 112 valence electrons. The molecule has 0 bridgehead atoms. The first-order valence-electron chi connectivity index (χ1n) is 7.08. The molecule has 1 saturated heterocycles. The molecule has 2 aliphatic heterocycles. The standard InChI is InChI=1S/C15H17FN2O3/c16-10-1-2-11-12(6-14(19)18-13(11)5-10)15(20)17-7-9-3-4-21-8-9/h1-2,5,9,12H,3-4,6-8H2,(H,17,20)(H,18,19)/t9-,12+/m0/s1. The molecule has 0 unspecified atom stereocenters. The molecule has 0 radical (unpaired) electrons. The summed E-state index contributed by atoms with van der Waals surface area (Å²) < 4.78 is 18.5. The zero-order chi connectivity index (χ0) is 14.8. The van der Waals surface area contributed by atoms with Crippen LogP contribution in [0, 0.1) is 11.7 Å². The SMILES string of the molecule is O=C1C[C@@H](C(=O)NC[C@@H]2CCOC2)c2ccc(F)cc2N1. The van der Waals surface area contributed by atoms with E-state index >= 15 is 0 Å². The van der Waals surface area contributed by atoms with Gasteiger partial charge in [-0.05, 0) is 24.1 Å². The van der Waals surface area contributed by atoms with Crippen molar-refractivity contribution in [3.8, 4) is 0 Å². The number of nitrogens with one attached hydrogen (secondary N) is 2. The van der Waals surface area contributed by atoms with Crippen molar-refractivity contribution >= 4 is 17.5 Å². The molecule has 0 spiro atoms. The predicted octanol–water partition coefficient (Wildman–Crippen LogP) is 1.40. The number of ether oxygens (including phenoxy) is 1. The van der Waals surface area contributed by atoms with Crippen molar-refractivity contribution in [2.75, 3.05) is 25.1 Å². The maximum atomic E-state index is 13.2. The van der Waals surface area contributed by atoms with Gasteiger partial charge in [0, 0.05) is 31.2 Å². The highest BCUT2D eigenvalue weighted by Gasteiger charge is 2.31. The third-order valence-electron chi connectivity index (χ3n) is 3.96. The van der Waals surface area contributed by atoms with Gasteiger partial charge in [0.25, 0.3) is 0 Å². The van der Waals surface area contributed by atoms with Crippen LogP contribution in [0.4, 0.5) is 10.1 Å². The number of amides is 2. The second-order valence-electron chi connectivity index (χ2n) is 5.51. The number of hydrogen-bond acceptors (Lipinski definition) is 3. The average Bonchev–Trinajstić information content (AvgIpc) is 2.96. The van der Waals surface area contributed by atoms with Crippen molar-refractivity contribution in [2.24, 2.45) is 5.92 Å². The Morgan fingerprint density at radius 2 is 2.33 bits per heavy atom. The van der Waals surface area contributed by atoms with Crippen LogP contribution in [0.3, 0.4) is 0 Å². The van der Waals surface area contributed by atoms with E-state index in [4.69, 9.17) is 4.74 Å². The second-order valence-corrected chi connectivity index (χ2v) is 5.51. The highest BCUT2D eigenvalue weighted by molar-refractivity contribution is 6.01. The first-order chi connectivity index (χ1) is 10.1. The molecular formula is C15H17FN2O3. The summed E-state index contributed by atoms with van der Waals surface area (Å²) in [6, 6.07) is 4.12. The molecular weight excluding hydrogens is 275 g/mol. The summed E-state index contributed by atoms with van der Waals surface area (Å²) in [7, 11) is 0. The molecule has 2 aliphatic rings. The Morgan fingerprint density at radius 1 is 1.48 bits per heavy atom. The molecule has 1 fully saturated rings. The van der Waals surface area contributed by atoms with Crippen LogP contribution in [0.5, 0.6) is 0 Å². The van der Waals surface area contributed by atoms with Crippen molar-refractivity contribution in [1.82, 2.24) is 5.32 Å². The Hall–Kier alpha value is -1.95. The Balaban J connectivity index is 1.72. The fourth-order valence-corrected chi connectivity index (χ4v) is 2.78. The minimum absolute atomic E-state index is 0.0889. The summed E-state index contributed by atoms with van der Waals surface area (Å²) in [5, 5.41) is 5.48. The summed E-state index contributed by atoms with van der Waals surface area (Å²) in [4.78, 5) is 24.0. The first kappa shape index (κ1) is 14.0. The quantitative estimate of drug-likeness (QED) is 0.885. The Labute approximate surface area is 121 Å². The van der Waals surface area contributed by atoms with Crippen molar-refractivity contribution in [2.45, 2.75) is 18.8 Å². The topological polar surface area (TPSA) is 67.4 Å². The van der Waals surface area contributed by atoms with Gasteiger partial charge in [-0.25, -0.2) is 4.39 Å². The van der Waals surface area contributed by atoms with Crippen LogP contribution in [-0.4, -0.2) is 31.6 Å². The van der Waals surface area contributed by atoms with E-state index in [1.807, 2.05) is 0 Å². The molecule has 2 amide bonds. The lowest BCUT2D eigenvalue weighted by Crippen LogP contribution is -2.37. The molecule has 0 aromatic heterocycles. The molecule has 2 heterocycles. The summed E-state index contributed by atoms with van der Waals surface area (Å²) in [5.41, 5.74) is 1.05. The molecule has 2 N–H and O–H groups in total. The van der Waals surface area contributed by atoms with Gasteiger partial charge in [-0.3, -0.25) is 9.59 Å². The molecule has 1 aromatic carbocycles. The lowest BCUT2D eigenvalue weighted by Gasteiger charge is -2.25. The maximum Gasteiger partial charge on any atom is 0.228 e. The summed E-state index contributed by atoms with van der Waals surface area (Å²) in [5.74, 6) is -1.11. The number of carbonyl (C=O) groups excluding carboxylic acids is 2. The van der Waals surface area contributed by atoms with E-state index in [0.717, 1.165) is 13.0 Å². The highest BCUT2D eigenvalue weighted by Crippen LogP contribution is 2.32. The van der Waals surface area contributed by atoms with E-state index in [1.165, 1.54) is 12.1 Å². The van der Waals surface area contributed by atoms with Crippen LogP contribution >= 0.6 is 0 Å². The predicted molar refractivity (Wildman–Crippen MR) is 74.3 cm³/mol. The van der Waals surface area contributed by atoms with E-state index in [9.17, 15) is 14.0 Å². The second kappa shape index (κ2) is 5.81. The third-order valence-corrected chi connectivity index (χ3v) is 3.96. The van der Waals surface area contributed by atoms with Crippen LogP contribution in [0.15, 0.2) is 18.2 Å². The molecule has 1 aromatic rings. The van der Waals surface area contributed by atoms with Gasteiger partial charge in [-0.15, -0.1) is 0 Å². The van der Waals surface area contributed by atoms with Crippen LogP contribution < -0.4 is 10.6 Å². The van der Waals surface area contributed by atoms with Crippen molar-refractivity contribution in [1.29, 1.82) is 0 Å². The summed E-state index contributed by atoms with van der Waals surface area (Å²) in [6.45, 7) is 1.94. The van der Waals surface area contributed by atoms with Gasteiger partial charge in [-0.1, -0.05) is 6.07 Å². The van der Waals surface area contributed by atoms with Gasteiger partial charge in [0.15, 0.2) is 0 Å². The summed E-state index contributed by atoms with van der Waals surface area (Å²) >= 11 is 0.